The number of halogens is 1. The van der Waals surface area contributed by atoms with Gasteiger partial charge in [0.2, 0.25) is 11.5 Å². The van der Waals surface area contributed by atoms with Crippen LogP contribution in [0.3, 0.4) is 0 Å². The Bertz CT molecular complexity index is 1410. The van der Waals surface area contributed by atoms with Gasteiger partial charge in [0.25, 0.3) is 5.91 Å². The maximum atomic E-state index is 13.7. The Balaban J connectivity index is 1.35. The molecule has 3 aliphatic rings. The van der Waals surface area contributed by atoms with Gasteiger partial charge in [-0.1, -0.05) is 18.2 Å². The van der Waals surface area contributed by atoms with E-state index in [2.05, 4.69) is 10.6 Å². The summed E-state index contributed by atoms with van der Waals surface area (Å²) in [6.45, 7) is 0.275. The number of fused-ring (bicyclic) bond motifs is 2. The molecule has 41 heavy (non-hydrogen) atoms. The minimum absolute atomic E-state index is 0.0876. The molecule has 5 rings (SSSR count). The van der Waals surface area contributed by atoms with Gasteiger partial charge in [-0.3, -0.25) is 18.7 Å². The summed E-state index contributed by atoms with van der Waals surface area (Å²) < 4.78 is 41.6. The first-order valence-corrected chi connectivity index (χ1v) is 14.3. The van der Waals surface area contributed by atoms with Gasteiger partial charge in [-0.15, -0.1) is 0 Å². The SMILES string of the molecule is CNC(=O)Nc1ccc2c(c1)CC[C@@]21OC(=O)N(CC(=O)N(Cc2ccc(F)cc2)[C@@H]2CCN(CS(=O)[O-])C2)C1=O. The minimum atomic E-state index is -2.28. The van der Waals surface area contributed by atoms with Crippen LogP contribution in [0, 0.1) is 5.82 Å². The molecular formula is C27H29FN5O7S-. The van der Waals surface area contributed by atoms with Gasteiger partial charge in [0.05, 0.1) is 5.88 Å². The minimum Gasteiger partial charge on any atom is -0.771 e. The number of anilines is 1. The monoisotopic (exact) mass is 586 g/mol. The molecule has 12 nitrogen and oxygen atoms in total. The van der Waals surface area contributed by atoms with Gasteiger partial charge >= 0.3 is 12.1 Å². The molecule has 1 spiro atoms. The lowest BCUT2D eigenvalue weighted by Gasteiger charge is -2.30. The molecule has 2 aliphatic heterocycles. The Hall–Kier alpha value is -3.88. The Morgan fingerprint density at radius 1 is 1.22 bits per heavy atom. The van der Waals surface area contributed by atoms with E-state index in [1.165, 1.54) is 24.1 Å². The average molecular weight is 587 g/mol. The molecule has 2 fully saturated rings. The molecule has 218 valence electrons. The lowest BCUT2D eigenvalue weighted by atomic mass is 9.94. The van der Waals surface area contributed by atoms with Crippen molar-refractivity contribution in [3.05, 3.63) is 65.0 Å². The number of nitrogens with one attached hydrogen (secondary N) is 2. The van der Waals surface area contributed by atoms with E-state index in [1.807, 2.05) is 0 Å². The van der Waals surface area contributed by atoms with Gasteiger partial charge in [-0.2, -0.15) is 0 Å². The largest absolute Gasteiger partial charge is 0.771 e. The molecule has 0 bridgehead atoms. The predicted octanol–water partition coefficient (Wildman–Crippen LogP) is 1.64. The molecule has 2 heterocycles. The normalized spacial score (nSPS) is 22.5. The molecule has 14 heteroatoms. The Labute approximate surface area is 238 Å². The molecule has 1 aliphatic carbocycles. The first-order chi connectivity index (χ1) is 19.6. The summed E-state index contributed by atoms with van der Waals surface area (Å²) in [6.07, 6.45) is 0.186. The third kappa shape index (κ3) is 5.80. The van der Waals surface area contributed by atoms with E-state index in [0.717, 1.165) is 10.5 Å². The van der Waals surface area contributed by atoms with E-state index in [-0.39, 0.29) is 24.9 Å². The highest BCUT2D eigenvalue weighted by Gasteiger charge is 2.58. The number of nitrogens with zero attached hydrogens (tertiary/aromatic N) is 3. The number of aryl methyl sites for hydroxylation is 1. The Morgan fingerprint density at radius 2 is 1.98 bits per heavy atom. The summed E-state index contributed by atoms with van der Waals surface area (Å²) in [5.74, 6) is -1.76. The van der Waals surface area contributed by atoms with E-state index in [4.69, 9.17) is 4.74 Å². The van der Waals surface area contributed by atoms with Crippen LogP contribution in [0.2, 0.25) is 0 Å². The first kappa shape index (κ1) is 28.6. The number of ether oxygens (including phenoxy) is 1. The van der Waals surface area contributed by atoms with E-state index in [1.54, 1.807) is 35.2 Å². The van der Waals surface area contributed by atoms with Crippen molar-refractivity contribution in [3.63, 3.8) is 0 Å². The molecule has 2 saturated heterocycles. The second kappa shape index (κ2) is 11.5. The number of carbonyl (C=O) groups excluding carboxylic acids is 4. The van der Waals surface area contributed by atoms with Crippen LogP contribution < -0.4 is 10.6 Å². The number of amides is 5. The highest BCUT2D eigenvalue weighted by atomic mass is 32.2. The average Bonchev–Trinajstić information content (AvgIpc) is 3.61. The Morgan fingerprint density at radius 3 is 2.68 bits per heavy atom. The van der Waals surface area contributed by atoms with Crippen molar-refractivity contribution in [3.8, 4) is 0 Å². The molecule has 1 unspecified atom stereocenters. The molecule has 2 aromatic carbocycles. The standard InChI is InChI=1S/C27H30FN5O7S/c1-29-25(36)30-20-6-7-22-18(12-20)8-10-27(22)24(35)33(26(37)40-27)15-23(34)32(13-17-2-4-19(28)5-3-17)21-9-11-31(14-21)16-41(38)39/h2-7,12,21H,8-11,13-16H2,1H3,(H,38,39)(H2,29,30,36)/p-1/t21-,27-/m1/s1. The number of rotatable bonds is 8. The van der Waals surface area contributed by atoms with E-state index in [9.17, 15) is 32.3 Å². The lowest BCUT2D eigenvalue weighted by molar-refractivity contribution is -0.143. The highest BCUT2D eigenvalue weighted by molar-refractivity contribution is 7.79. The fourth-order valence-electron chi connectivity index (χ4n) is 5.69. The summed E-state index contributed by atoms with van der Waals surface area (Å²) in [4.78, 5) is 56.0. The summed E-state index contributed by atoms with van der Waals surface area (Å²) in [7, 11) is 1.49. The van der Waals surface area contributed by atoms with Crippen LogP contribution in [-0.2, 0) is 44.0 Å². The van der Waals surface area contributed by atoms with E-state index >= 15 is 0 Å². The van der Waals surface area contributed by atoms with Crippen molar-refractivity contribution in [1.29, 1.82) is 0 Å². The summed E-state index contributed by atoms with van der Waals surface area (Å²) in [6, 6.07) is 9.83. The molecular weight excluding hydrogens is 557 g/mol. The van der Waals surface area contributed by atoms with Crippen molar-refractivity contribution in [2.24, 2.45) is 0 Å². The van der Waals surface area contributed by atoms with Crippen LogP contribution in [0.4, 0.5) is 19.7 Å². The smallest absolute Gasteiger partial charge is 0.418 e. The third-order valence-corrected chi connectivity index (χ3v) is 8.28. The van der Waals surface area contributed by atoms with Crippen molar-refractivity contribution >= 4 is 40.7 Å². The molecule has 5 amide bonds. The van der Waals surface area contributed by atoms with Crippen LogP contribution in [-0.4, -0.2) is 86.0 Å². The second-order valence-corrected chi connectivity index (χ2v) is 11.1. The number of carbonyl (C=O) groups is 4. The number of benzene rings is 2. The van der Waals surface area contributed by atoms with Gasteiger partial charge in [0.1, 0.15) is 12.4 Å². The number of imide groups is 1. The second-order valence-electron chi connectivity index (χ2n) is 10.3. The highest BCUT2D eigenvalue weighted by Crippen LogP contribution is 2.46. The van der Waals surface area contributed by atoms with Crippen LogP contribution >= 0.6 is 0 Å². The quantitative estimate of drug-likeness (QED) is 0.443. The van der Waals surface area contributed by atoms with Crippen LogP contribution in [0.25, 0.3) is 0 Å². The van der Waals surface area contributed by atoms with Gasteiger partial charge in [0, 0.05) is 50.4 Å². The number of likely N-dealkylation sites (tertiary alicyclic amines) is 1. The van der Waals surface area contributed by atoms with Crippen LogP contribution in [0.15, 0.2) is 42.5 Å². The molecule has 2 aromatic rings. The maximum absolute atomic E-state index is 13.7. The lowest BCUT2D eigenvalue weighted by Crippen LogP contribution is -2.48. The van der Waals surface area contributed by atoms with Gasteiger partial charge < -0.3 is 24.8 Å². The third-order valence-electron chi connectivity index (χ3n) is 7.70. The zero-order chi connectivity index (χ0) is 29.3. The first-order valence-electron chi connectivity index (χ1n) is 13.1. The number of urea groups is 1. The predicted molar refractivity (Wildman–Crippen MR) is 143 cm³/mol. The molecule has 0 saturated carbocycles. The van der Waals surface area contributed by atoms with Crippen LogP contribution in [0.1, 0.15) is 29.5 Å². The van der Waals surface area contributed by atoms with Crippen molar-refractivity contribution < 1.29 is 37.1 Å². The molecule has 0 aromatic heterocycles. The fraction of sp³-hybridized carbons (Fsp3) is 0.407. The zero-order valence-corrected chi connectivity index (χ0v) is 23.1. The molecule has 3 atom stereocenters. The fourth-order valence-corrected chi connectivity index (χ4v) is 6.22. The van der Waals surface area contributed by atoms with E-state index in [0.29, 0.717) is 42.7 Å². The summed E-state index contributed by atoms with van der Waals surface area (Å²) in [5, 5.41) is 5.13. The van der Waals surface area contributed by atoms with Crippen LogP contribution in [0.5, 0.6) is 0 Å². The van der Waals surface area contributed by atoms with Gasteiger partial charge in [-0.25, -0.2) is 18.9 Å². The molecule has 0 radical (unpaired) electrons. The van der Waals surface area contributed by atoms with Gasteiger partial charge in [-0.05, 0) is 59.3 Å². The topological polar surface area (TPSA) is 151 Å². The van der Waals surface area contributed by atoms with Crippen molar-refractivity contribution in [2.75, 3.05) is 37.9 Å². The number of hydrogen-bond acceptors (Lipinski definition) is 8. The molecule has 2 N–H and O–H groups in total. The van der Waals surface area contributed by atoms with Crippen molar-refractivity contribution in [1.82, 2.24) is 20.0 Å². The summed E-state index contributed by atoms with van der Waals surface area (Å²) in [5.41, 5.74) is 0.860. The Kier molecular flexibility index (Phi) is 8.07. The van der Waals surface area contributed by atoms with Gasteiger partial charge in [0.15, 0.2) is 0 Å². The zero-order valence-electron chi connectivity index (χ0n) is 22.3. The maximum Gasteiger partial charge on any atom is 0.418 e. The van der Waals surface area contributed by atoms with Crippen molar-refractivity contribution in [2.45, 2.75) is 37.5 Å². The summed E-state index contributed by atoms with van der Waals surface area (Å²) >= 11 is -2.28. The van der Waals surface area contributed by atoms with E-state index < -0.39 is 53.0 Å². The number of hydrogen-bond donors (Lipinski definition) is 2.